The molecule has 0 saturated carbocycles. The molecule has 0 atom stereocenters. The molecule has 0 aromatic carbocycles. The van der Waals surface area contributed by atoms with Gasteiger partial charge in [0.2, 0.25) is 0 Å². The largest absolute Gasteiger partial charge is 0.434 e. The van der Waals surface area contributed by atoms with E-state index in [-0.39, 0.29) is 23.6 Å². The summed E-state index contributed by atoms with van der Waals surface area (Å²) in [6.07, 6.45) is -0.720. The third-order valence-corrected chi connectivity index (χ3v) is 3.45. The zero-order chi connectivity index (χ0) is 17.5. The molecule has 0 N–H and O–H groups in total. The molecule has 0 bridgehead atoms. The average molecular weight is 339 g/mol. The second kappa shape index (κ2) is 5.73. The Balaban J connectivity index is 2.08. The molecule has 0 aliphatic carbocycles. The Labute approximate surface area is 134 Å². The van der Waals surface area contributed by atoms with E-state index in [1.807, 2.05) is 0 Å². The SMILES string of the molecule is Cc1ncc(-c2nc(C(F)(F)F)cn2Cc2ccn(C)n2)cc1F. The maximum absolute atomic E-state index is 13.7. The normalized spacial score (nSPS) is 11.9. The van der Waals surface area contributed by atoms with Gasteiger partial charge >= 0.3 is 6.18 Å². The van der Waals surface area contributed by atoms with Crippen LogP contribution in [0.5, 0.6) is 0 Å². The maximum Gasteiger partial charge on any atom is 0.434 e. The van der Waals surface area contributed by atoms with Gasteiger partial charge in [0.25, 0.3) is 0 Å². The molecule has 0 aliphatic heterocycles. The Morgan fingerprint density at radius 1 is 1.25 bits per heavy atom. The van der Waals surface area contributed by atoms with E-state index in [2.05, 4.69) is 15.1 Å². The lowest BCUT2D eigenvalue weighted by atomic mass is 10.2. The molecule has 3 heterocycles. The summed E-state index contributed by atoms with van der Waals surface area (Å²) in [4.78, 5) is 7.47. The lowest BCUT2D eigenvalue weighted by Crippen LogP contribution is -2.05. The molecule has 24 heavy (non-hydrogen) atoms. The lowest BCUT2D eigenvalue weighted by Gasteiger charge is -2.06. The van der Waals surface area contributed by atoms with Crippen molar-refractivity contribution in [1.29, 1.82) is 0 Å². The minimum atomic E-state index is -4.60. The zero-order valence-electron chi connectivity index (χ0n) is 12.8. The van der Waals surface area contributed by atoms with Crippen molar-refractivity contribution in [2.24, 2.45) is 7.05 Å². The van der Waals surface area contributed by atoms with Gasteiger partial charge in [-0.15, -0.1) is 0 Å². The van der Waals surface area contributed by atoms with E-state index in [0.717, 1.165) is 12.3 Å². The highest BCUT2D eigenvalue weighted by atomic mass is 19.4. The summed E-state index contributed by atoms with van der Waals surface area (Å²) in [7, 11) is 1.71. The van der Waals surface area contributed by atoms with Crippen LogP contribution in [0.3, 0.4) is 0 Å². The number of nitrogens with zero attached hydrogens (tertiary/aromatic N) is 5. The number of aryl methyl sites for hydroxylation is 2. The summed E-state index contributed by atoms with van der Waals surface area (Å²) in [5.41, 5.74) is -0.151. The summed E-state index contributed by atoms with van der Waals surface area (Å²) in [5.74, 6) is -0.618. The third-order valence-electron chi connectivity index (χ3n) is 3.45. The zero-order valence-corrected chi connectivity index (χ0v) is 12.8. The van der Waals surface area contributed by atoms with E-state index in [1.54, 1.807) is 24.0 Å². The summed E-state index contributed by atoms with van der Waals surface area (Å²) < 4.78 is 55.6. The number of aromatic nitrogens is 5. The summed E-state index contributed by atoms with van der Waals surface area (Å²) in [5, 5.41) is 4.14. The van der Waals surface area contributed by atoms with E-state index in [0.29, 0.717) is 5.69 Å². The van der Waals surface area contributed by atoms with Crippen LogP contribution in [-0.2, 0) is 19.8 Å². The first kappa shape index (κ1) is 16.2. The fraction of sp³-hybridized carbons (Fsp3) is 0.267. The molecule has 3 rings (SSSR count). The molecule has 0 spiro atoms. The number of hydrogen-bond donors (Lipinski definition) is 0. The molecule has 9 heteroatoms. The van der Waals surface area contributed by atoms with Crippen LogP contribution in [0.15, 0.2) is 30.7 Å². The van der Waals surface area contributed by atoms with Gasteiger partial charge in [0.05, 0.1) is 17.9 Å². The number of imidazole rings is 1. The Morgan fingerprint density at radius 2 is 2.00 bits per heavy atom. The number of rotatable bonds is 3. The fourth-order valence-electron chi connectivity index (χ4n) is 2.25. The van der Waals surface area contributed by atoms with Crippen LogP contribution < -0.4 is 0 Å². The van der Waals surface area contributed by atoms with E-state index in [1.165, 1.54) is 17.7 Å². The predicted molar refractivity (Wildman–Crippen MR) is 77.5 cm³/mol. The second-order valence-electron chi connectivity index (χ2n) is 5.35. The van der Waals surface area contributed by atoms with E-state index in [9.17, 15) is 17.6 Å². The minimum absolute atomic E-state index is 0.0145. The van der Waals surface area contributed by atoms with Crippen LogP contribution in [0.1, 0.15) is 17.1 Å². The van der Waals surface area contributed by atoms with Crippen molar-refractivity contribution in [3.05, 3.63) is 53.6 Å². The molecule has 0 radical (unpaired) electrons. The van der Waals surface area contributed by atoms with E-state index < -0.39 is 17.7 Å². The second-order valence-corrected chi connectivity index (χ2v) is 5.35. The molecular formula is C15H13F4N5. The van der Waals surface area contributed by atoms with Crippen LogP contribution in [-0.4, -0.2) is 24.3 Å². The monoisotopic (exact) mass is 339 g/mol. The standard InChI is InChI=1S/C15H13F4N5/c1-9-12(16)5-10(6-20-9)14-21-13(15(17,18)19)8-24(14)7-11-3-4-23(2)22-11/h3-6,8H,7H2,1-2H3. The van der Waals surface area contributed by atoms with Gasteiger partial charge in [-0.05, 0) is 19.1 Å². The van der Waals surface area contributed by atoms with Crippen molar-refractivity contribution < 1.29 is 17.6 Å². The van der Waals surface area contributed by atoms with Crippen LogP contribution >= 0.6 is 0 Å². The predicted octanol–water partition coefficient (Wildman–Crippen LogP) is 3.19. The topological polar surface area (TPSA) is 48.5 Å². The molecule has 0 amide bonds. The highest BCUT2D eigenvalue weighted by molar-refractivity contribution is 5.55. The molecule has 3 aromatic heterocycles. The van der Waals surface area contributed by atoms with Crippen LogP contribution in [0.4, 0.5) is 17.6 Å². The number of pyridine rings is 1. The molecular weight excluding hydrogens is 326 g/mol. The van der Waals surface area contributed by atoms with Gasteiger partial charge in [-0.2, -0.15) is 18.3 Å². The first-order valence-corrected chi connectivity index (χ1v) is 6.99. The maximum atomic E-state index is 13.7. The minimum Gasteiger partial charge on any atom is -0.324 e. The molecule has 0 fully saturated rings. The van der Waals surface area contributed by atoms with Gasteiger partial charge in [0.15, 0.2) is 5.69 Å². The molecule has 5 nitrogen and oxygen atoms in total. The van der Waals surface area contributed by atoms with Gasteiger partial charge < -0.3 is 4.57 Å². The number of hydrogen-bond acceptors (Lipinski definition) is 3. The average Bonchev–Trinajstić information content (AvgIpc) is 3.09. The smallest absolute Gasteiger partial charge is 0.324 e. The van der Waals surface area contributed by atoms with Gasteiger partial charge in [-0.1, -0.05) is 0 Å². The Hall–Kier alpha value is -2.71. The molecule has 3 aromatic rings. The summed E-state index contributed by atoms with van der Waals surface area (Å²) in [6.45, 7) is 1.55. The van der Waals surface area contributed by atoms with Gasteiger partial charge in [0.1, 0.15) is 11.6 Å². The highest BCUT2D eigenvalue weighted by Crippen LogP contribution is 2.31. The molecule has 0 aliphatic rings. The van der Waals surface area contributed by atoms with Crippen molar-refractivity contribution in [3.63, 3.8) is 0 Å². The van der Waals surface area contributed by atoms with Crippen molar-refractivity contribution in [2.75, 3.05) is 0 Å². The van der Waals surface area contributed by atoms with E-state index in [4.69, 9.17) is 0 Å². The number of halogens is 4. The van der Waals surface area contributed by atoms with Gasteiger partial charge in [-0.25, -0.2) is 9.37 Å². The van der Waals surface area contributed by atoms with Gasteiger partial charge in [0, 0.05) is 31.2 Å². The van der Waals surface area contributed by atoms with Crippen molar-refractivity contribution >= 4 is 0 Å². The lowest BCUT2D eigenvalue weighted by molar-refractivity contribution is -0.140. The summed E-state index contributed by atoms with van der Waals surface area (Å²) >= 11 is 0. The van der Waals surface area contributed by atoms with Crippen LogP contribution in [0.2, 0.25) is 0 Å². The third kappa shape index (κ3) is 3.15. The Kier molecular flexibility index (Phi) is 3.86. The van der Waals surface area contributed by atoms with Crippen LogP contribution in [0.25, 0.3) is 11.4 Å². The first-order valence-electron chi connectivity index (χ1n) is 6.99. The first-order chi connectivity index (χ1) is 11.2. The number of alkyl halides is 3. The van der Waals surface area contributed by atoms with Crippen LogP contribution in [0, 0.1) is 12.7 Å². The Morgan fingerprint density at radius 3 is 2.58 bits per heavy atom. The summed E-state index contributed by atoms with van der Waals surface area (Å²) in [6, 6.07) is 2.81. The van der Waals surface area contributed by atoms with E-state index >= 15 is 0 Å². The molecule has 126 valence electrons. The van der Waals surface area contributed by atoms with Crippen molar-refractivity contribution in [1.82, 2.24) is 24.3 Å². The quantitative estimate of drug-likeness (QED) is 0.689. The van der Waals surface area contributed by atoms with Crippen molar-refractivity contribution in [2.45, 2.75) is 19.6 Å². The Bertz CT molecular complexity index is 878. The molecule has 0 unspecified atom stereocenters. The molecule has 0 saturated heterocycles. The fourth-order valence-corrected chi connectivity index (χ4v) is 2.25. The van der Waals surface area contributed by atoms with Crippen molar-refractivity contribution in [3.8, 4) is 11.4 Å². The van der Waals surface area contributed by atoms with Gasteiger partial charge in [-0.3, -0.25) is 9.67 Å². The highest BCUT2D eigenvalue weighted by Gasteiger charge is 2.35.